The Morgan fingerprint density at radius 1 is 1.40 bits per heavy atom. The first-order valence-electron chi connectivity index (χ1n) is 2.85. The molecule has 10 heavy (non-hydrogen) atoms. The van der Waals surface area contributed by atoms with Gasteiger partial charge in [0.2, 0.25) is 0 Å². The molecule has 0 bridgehead atoms. The average Bonchev–Trinajstić information content (AvgIpc) is 1.88. The van der Waals surface area contributed by atoms with Crippen LogP contribution < -0.4 is 0 Å². The summed E-state index contributed by atoms with van der Waals surface area (Å²) in [4.78, 5) is 0.698. The maximum Gasteiger partial charge on any atom is 0.147 e. The van der Waals surface area contributed by atoms with E-state index in [1.54, 1.807) is 6.07 Å². The van der Waals surface area contributed by atoms with Gasteiger partial charge in [-0.2, -0.15) is 0 Å². The molecular weight excluding hydrogens is 168 g/mol. The molecule has 0 spiro atoms. The standard InChI is InChI=1S/C7H7ClOS/c1-6-4-2-3-5-7(6)10(8)9/h2-5H,1H3/t10-/m1/s1. The zero-order valence-corrected chi connectivity index (χ0v) is 7.08. The van der Waals surface area contributed by atoms with Gasteiger partial charge in [0.25, 0.3) is 0 Å². The summed E-state index contributed by atoms with van der Waals surface area (Å²) < 4.78 is 10.7. The van der Waals surface area contributed by atoms with E-state index in [4.69, 9.17) is 10.7 Å². The van der Waals surface area contributed by atoms with Gasteiger partial charge in [-0.1, -0.05) is 18.2 Å². The van der Waals surface area contributed by atoms with Crippen LogP contribution in [0.2, 0.25) is 0 Å². The third-order valence-electron chi connectivity index (χ3n) is 1.27. The fourth-order valence-electron chi connectivity index (χ4n) is 0.736. The van der Waals surface area contributed by atoms with Crippen molar-refractivity contribution in [1.29, 1.82) is 0 Å². The molecule has 1 aromatic carbocycles. The van der Waals surface area contributed by atoms with E-state index in [1.807, 2.05) is 25.1 Å². The Balaban J connectivity index is 3.15. The summed E-state index contributed by atoms with van der Waals surface area (Å²) in [5.74, 6) is 0. The molecule has 0 aliphatic rings. The number of hydrogen-bond donors (Lipinski definition) is 0. The maximum absolute atomic E-state index is 10.7. The van der Waals surface area contributed by atoms with Crippen molar-refractivity contribution in [1.82, 2.24) is 0 Å². The lowest BCUT2D eigenvalue weighted by molar-refractivity contribution is 0.691. The Morgan fingerprint density at radius 2 is 2.00 bits per heavy atom. The first-order chi connectivity index (χ1) is 4.72. The van der Waals surface area contributed by atoms with Gasteiger partial charge in [-0.25, -0.2) is 4.21 Å². The van der Waals surface area contributed by atoms with Gasteiger partial charge in [-0.15, -0.1) is 0 Å². The number of aryl methyl sites for hydroxylation is 1. The molecule has 0 fully saturated rings. The SMILES string of the molecule is Cc1ccccc1[S@@](=O)Cl. The van der Waals surface area contributed by atoms with Crippen molar-refractivity contribution in [3.8, 4) is 0 Å². The van der Waals surface area contributed by atoms with Gasteiger partial charge in [0.15, 0.2) is 0 Å². The fourth-order valence-corrected chi connectivity index (χ4v) is 1.76. The Morgan fingerprint density at radius 3 is 2.40 bits per heavy atom. The second kappa shape index (κ2) is 3.17. The largest absolute Gasteiger partial charge is 0.237 e. The molecule has 1 rings (SSSR count). The number of halogens is 1. The average molecular weight is 175 g/mol. The highest BCUT2D eigenvalue weighted by atomic mass is 35.7. The second-order valence-corrected chi connectivity index (χ2v) is 3.72. The van der Waals surface area contributed by atoms with Crippen LogP contribution in [0, 0.1) is 6.92 Å². The van der Waals surface area contributed by atoms with Crippen LogP contribution in [0.1, 0.15) is 5.56 Å². The molecule has 0 amide bonds. The van der Waals surface area contributed by atoms with Crippen molar-refractivity contribution < 1.29 is 4.21 Å². The summed E-state index contributed by atoms with van der Waals surface area (Å²) in [5.41, 5.74) is 0.968. The Labute approximate surface area is 67.0 Å². The fraction of sp³-hybridized carbons (Fsp3) is 0.143. The Bertz CT molecular complexity index is 260. The van der Waals surface area contributed by atoms with Crippen LogP contribution in [-0.4, -0.2) is 4.21 Å². The summed E-state index contributed by atoms with van der Waals surface area (Å²) in [6.07, 6.45) is 0. The monoisotopic (exact) mass is 174 g/mol. The normalized spacial score (nSPS) is 13.0. The van der Waals surface area contributed by atoms with Crippen LogP contribution in [0.5, 0.6) is 0 Å². The summed E-state index contributed by atoms with van der Waals surface area (Å²) in [6, 6.07) is 7.36. The van der Waals surface area contributed by atoms with E-state index < -0.39 is 10.0 Å². The minimum atomic E-state index is -1.37. The molecule has 0 aliphatic carbocycles. The Hall–Kier alpha value is -0.340. The highest BCUT2D eigenvalue weighted by molar-refractivity contribution is 8.08. The molecule has 0 N–H and O–H groups in total. The van der Waals surface area contributed by atoms with Crippen LogP contribution in [0.3, 0.4) is 0 Å². The maximum atomic E-state index is 10.7. The predicted octanol–water partition coefficient (Wildman–Crippen LogP) is 2.26. The molecule has 0 heterocycles. The van der Waals surface area contributed by atoms with Crippen molar-refractivity contribution in [2.75, 3.05) is 0 Å². The molecule has 0 unspecified atom stereocenters. The van der Waals surface area contributed by atoms with Crippen LogP contribution >= 0.6 is 10.7 Å². The molecule has 0 radical (unpaired) electrons. The lowest BCUT2D eigenvalue weighted by Gasteiger charge is -1.96. The van der Waals surface area contributed by atoms with Crippen molar-refractivity contribution in [3.63, 3.8) is 0 Å². The van der Waals surface area contributed by atoms with Crippen LogP contribution in [0.25, 0.3) is 0 Å². The highest BCUT2D eigenvalue weighted by Crippen LogP contribution is 2.13. The minimum absolute atomic E-state index is 0.698. The molecule has 54 valence electrons. The quantitative estimate of drug-likeness (QED) is 0.597. The smallest absolute Gasteiger partial charge is 0.147 e. The van der Waals surface area contributed by atoms with Crippen molar-refractivity contribution in [3.05, 3.63) is 29.8 Å². The molecular formula is C7H7ClOS. The second-order valence-electron chi connectivity index (χ2n) is 1.99. The van der Waals surface area contributed by atoms with E-state index in [-0.39, 0.29) is 0 Å². The molecule has 0 aliphatic heterocycles. The molecule has 3 heteroatoms. The minimum Gasteiger partial charge on any atom is -0.237 e. The summed E-state index contributed by atoms with van der Waals surface area (Å²) in [7, 11) is 4.01. The molecule has 1 aromatic rings. The van der Waals surface area contributed by atoms with E-state index in [2.05, 4.69) is 0 Å². The van der Waals surface area contributed by atoms with E-state index in [9.17, 15) is 4.21 Å². The van der Waals surface area contributed by atoms with Gasteiger partial charge in [0.05, 0.1) is 4.90 Å². The van der Waals surface area contributed by atoms with Crippen molar-refractivity contribution in [2.45, 2.75) is 11.8 Å². The van der Waals surface area contributed by atoms with E-state index in [1.165, 1.54) is 0 Å². The van der Waals surface area contributed by atoms with Gasteiger partial charge < -0.3 is 0 Å². The van der Waals surface area contributed by atoms with Crippen LogP contribution in [-0.2, 0) is 10.0 Å². The van der Waals surface area contributed by atoms with Crippen LogP contribution in [0.4, 0.5) is 0 Å². The number of hydrogen-bond acceptors (Lipinski definition) is 1. The van der Waals surface area contributed by atoms with Gasteiger partial charge in [0, 0.05) is 0 Å². The molecule has 0 saturated carbocycles. The first kappa shape index (κ1) is 7.76. The van der Waals surface area contributed by atoms with Gasteiger partial charge in [-0.3, -0.25) is 0 Å². The molecule has 0 aromatic heterocycles. The number of benzene rings is 1. The van der Waals surface area contributed by atoms with Gasteiger partial charge >= 0.3 is 0 Å². The highest BCUT2D eigenvalue weighted by Gasteiger charge is 2.00. The Kier molecular flexibility index (Phi) is 2.46. The molecule has 1 nitrogen and oxygen atoms in total. The lowest BCUT2D eigenvalue weighted by Crippen LogP contribution is -1.84. The lowest BCUT2D eigenvalue weighted by atomic mass is 10.2. The van der Waals surface area contributed by atoms with Gasteiger partial charge in [-0.05, 0) is 29.2 Å². The first-order valence-corrected chi connectivity index (χ1v) is 4.83. The molecule has 0 saturated heterocycles. The third-order valence-corrected chi connectivity index (χ3v) is 2.57. The number of rotatable bonds is 1. The van der Waals surface area contributed by atoms with Gasteiger partial charge in [0.1, 0.15) is 10.0 Å². The van der Waals surface area contributed by atoms with E-state index >= 15 is 0 Å². The zero-order valence-electron chi connectivity index (χ0n) is 5.50. The van der Waals surface area contributed by atoms with Crippen LogP contribution in [0.15, 0.2) is 29.2 Å². The summed E-state index contributed by atoms with van der Waals surface area (Å²) in [6.45, 7) is 1.88. The van der Waals surface area contributed by atoms with E-state index in [0.29, 0.717) is 4.90 Å². The van der Waals surface area contributed by atoms with E-state index in [0.717, 1.165) is 5.56 Å². The predicted molar refractivity (Wildman–Crippen MR) is 43.4 cm³/mol. The molecule has 1 atom stereocenters. The topological polar surface area (TPSA) is 17.1 Å². The zero-order chi connectivity index (χ0) is 7.56. The summed E-state index contributed by atoms with van der Waals surface area (Å²) >= 11 is 0. The summed E-state index contributed by atoms with van der Waals surface area (Å²) in [5, 5.41) is 0. The van der Waals surface area contributed by atoms with Crippen molar-refractivity contribution >= 4 is 20.7 Å². The van der Waals surface area contributed by atoms with Crippen molar-refractivity contribution in [2.24, 2.45) is 0 Å². The third kappa shape index (κ3) is 1.58.